The van der Waals surface area contributed by atoms with E-state index in [0.29, 0.717) is 18.8 Å². The van der Waals surface area contributed by atoms with Crippen LogP contribution in [0.1, 0.15) is 16.1 Å². The molecular weight excluding hydrogens is 290 g/mol. The van der Waals surface area contributed by atoms with E-state index in [1.807, 2.05) is 38.4 Å². The molecule has 0 aliphatic rings. The highest BCUT2D eigenvalue weighted by atomic mass is 16.5. The first-order valence-electron chi connectivity index (χ1n) is 7.58. The molecule has 0 unspecified atom stereocenters. The summed E-state index contributed by atoms with van der Waals surface area (Å²) >= 11 is 0. The number of rotatable bonds is 7. The Morgan fingerprint density at radius 3 is 2.83 bits per heavy atom. The molecule has 5 heteroatoms. The summed E-state index contributed by atoms with van der Waals surface area (Å²) in [7, 11) is 5.67. The Hall–Kier alpha value is -2.24. The van der Waals surface area contributed by atoms with Crippen LogP contribution in [-0.4, -0.2) is 50.1 Å². The lowest BCUT2D eigenvalue weighted by Crippen LogP contribution is -2.28. The number of benzene rings is 1. The molecule has 1 amide bonds. The van der Waals surface area contributed by atoms with Crippen LogP contribution in [0.5, 0.6) is 0 Å². The third kappa shape index (κ3) is 4.87. The maximum Gasteiger partial charge on any atom is 0.270 e. The molecule has 1 heterocycles. The van der Waals surface area contributed by atoms with E-state index in [0.717, 1.165) is 17.7 Å². The molecular formula is C18H23N3O2. The summed E-state index contributed by atoms with van der Waals surface area (Å²) in [5, 5.41) is 2.82. The van der Waals surface area contributed by atoms with Crippen LogP contribution < -0.4 is 5.32 Å². The summed E-state index contributed by atoms with van der Waals surface area (Å²) in [6.07, 6.45) is 1.64. The Morgan fingerprint density at radius 2 is 2.09 bits per heavy atom. The highest BCUT2D eigenvalue weighted by Crippen LogP contribution is 2.23. The van der Waals surface area contributed by atoms with E-state index < -0.39 is 0 Å². The van der Waals surface area contributed by atoms with Crippen LogP contribution >= 0.6 is 0 Å². The number of hydrogen-bond donors (Lipinski definition) is 1. The zero-order valence-electron chi connectivity index (χ0n) is 13.9. The molecule has 23 heavy (non-hydrogen) atoms. The molecule has 0 aliphatic heterocycles. The number of nitrogens with zero attached hydrogens (tertiary/aromatic N) is 2. The second-order valence-corrected chi connectivity index (χ2v) is 5.59. The average molecular weight is 313 g/mol. The average Bonchev–Trinajstić information content (AvgIpc) is 2.54. The molecule has 0 bridgehead atoms. The van der Waals surface area contributed by atoms with E-state index in [1.165, 1.54) is 5.56 Å². The summed E-state index contributed by atoms with van der Waals surface area (Å²) < 4.78 is 4.96. The summed E-state index contributed by atoms with van der Waals surface area (Å²) in [6, 6.07) is 12.0. The fourth-order valence-corrected chi connectivity index (χ4v) is 2.37. The number of pyridine rings is 1. The number of carbonyl (C=O) groups excluding carboxylic acids is 1. The molecule has 0 radical (unpaired) electrons. The van der Waals surface area contributed by atoms with Crippen LogP contribution in [0, 0.1) is 0 Å². The van der Waals surface area contributed by atoms with Crippen molar-refractivity contribution in [3.8, 4) is 11.1 Å². The molecule has 1 aromatic carbocycles. The lowest BCUT2D eigenvalue weighted by atomic mass is 10.0. The molecule has 0 aliphatic carbocycles. The predicted octanol–water partition coefficient (Wildman–Crippen LogP) is 2.19. The fourth-order valence-electron chi connectivity index (χ4n) is 2.37. The Kier molecular flexibility index (Phi) is 6.26. The van der Waals surface area contributed by atoms with Gasteiger partial charge in [0.05, 0.1) is 6.61 Å². The van der Waals surface area contributed by atoms with Crippen LogP contribution in [0.3, 0.4) is 0 Å². The number of nitrogens with one attached hydrogen (secondary N) is 1. The van der Waals surface area contributed by atoms with Gasteiger partial charge in [-0.05, 0) is 37.4 Å². The highest BCUT2D eigenvalue weighted by Gasteiger charge is 2.14. The SMILES string of the molecule is COCCNC(=O)c1ncccc1-c1cccc(CN(C)C)c1. The summed E-state index contributed by atoms with van der Waals surface area (Å²) in [6.45, 7) is 1.79. The smallest absolute Gasteiger partial charge is 0.270 e. The summed E-state index contributed by atoms with van der Waals surface area (Å²) in [5.41, 5.74) is 3.46. The van der Waals surface area contributed by atoms with Gasteiger partial charge in [-0.2, -0.15) is 0 Å². The number of aromatic nitrogens is 1. The third-order valence-corrected chi connectivity index (χ3v) is 3.35. The van der Waals surface area contributed by atoms with Gasteiger partial charge in [0.2, 0.25) is 0 Å². The number of carbonyl (C=O) groups is 1. The summed E-state index contributed by atoms with van der Waals surface area (Å²) in [4.78, 5) is 18.7. The van der Waals surface area contributed by atoms with Crippen molar-refractivity contribution in [1.82, 2.24) is 15.2 Å². The molecule has 2 rings (SSSR count). The molecule has 0 saturated heterocycles. The van der Waals surface area contributed by atoms with Gasteiger partial charge in [-0.1, -0.05) is 24.3 Å². The monoisotopic (exact) mass is 313 g/mol. The lowest BCUT2D eigenvalue weighted by Gasteiger charge is -2.13. The van der Waals surface area contributed by atoms with Crippen molar-refractivity contribution in [2.45, 2.75) is 6.54 Å². The molecule has 0 atom stereocenters. The van der Waals surface area contributed by atoms with Gasteiger partial charge in [0.1, 0.15) is 5.69 Å². The molecule has 2 aromatic rings. The van der Waals surface area contributed by atoms with Crippen molar-refractivity contribution in [3.63, 3.8) is 0 Å². The first-order chi connectivity index (χ1) is 11.1. The van der Waals surface area contributed by atoms with Gasteiger partial charge in [0.15, 0.2) is 0 Å². The predicted molar refractivity (Wildman–Crippen MR) is 91.3 cm³/mol. The van der Waals surface area contributed by atoms with E-state index >= 15 is 0 Å². The van der Waals surface area contributed by atoms with E-state index in [2.05, 4.69) is 27.3 Å². The van der Waals surface area contributed by atoms with Crippen LogP contribution in [0.15, 0.2) is 42.6 Å². The Balaban J connectivity index is 2.28. The van der Waals surface area contributed by atoms with Crippen molar-refractivity contribution in [2.24, 2.45) is 0 Å². The number of hydrogen-bond acceptors (Lipinski definition) is 4. The molecule has 1 aromatic heterocycles. The second kappa shape index (κ2) is 8.41. The Morgan fingerprint density at radius 1 is 1.26 bits per heavy atom. The number of amides is 1. The second-order valence-electron chi connectivity index (χ2n) is 5.59. The van der Waals surface area contributed by atoms with Crippen molar-refractivity contribution in [2.75, 3.05) is 34.4 Å². The minimum Gasteiger partial charge on any atom is -0.383 e. The third-order valence-electron chi connectivity index (χ3n) is 3.35. The minimum atomic E-state index is -0.185. The molecule has 0 saturated carbocycles. The van der Waals surface area contributed by atoms with Crippen LogP contribution in [0.4, 0.5) is 0 Å². The maximum absolute atomic E-state index is 12.3. The van der Waals surface area contributed by atoms with Crippen LogP contribution in [-0.2, 0) is 11.3 Å². The van der Waals surface area contributed by atoms with Crippen molar-refractivity contribution >= 4 is 5.91 Å². The Labute approximate surface area is 137 Å². The van der Waals surface area contributed by atoms with Gasteiger partial charge in [0.25, 0.3) is 5.91 Å². The summed E-state index contributed by atoms with van der Waals surface area (Å²) in [5.74, 6) is -0.185. The zero-order valence-corrected chi connectivity index (χ0v) is 13.9. The molecule has 0 fully saturated rings. The highest BCUT2D eigenvalue weighted by molar-refractivity contribution is 5.98. The Bertz CT molecular complexity index is 656. The van der Waals surface area contributed by atoms with Crippen LogP contribution in [0.25, 0.3) is 11.1 Å². The molecule has 5 nitrogen and oxygen atoms in total. The molecule has 1 N–H and O–H groups in total. The topological polar surface area (TPSA) is 54.5 Å². The van der Waals surface area contributed by atoms with E-state index in [-0.39, 0.29) is 5.91 Å². The minimum absolute atomic E-state index is 0.185. The van der Waals surface area contributed by atoms with Gasteiger partial charge in [-0.15, -0.1) is 0 Å². The first-order valence-corrected chi connectivity index (χ1v) is 7.58. The molecule has 122 valence electrons. The fraction of sp³-hybridized carbons (Fsp3) is 0.333. The zero-order chi connectivity index (χ0) is 16.7. The van der Waals surface area contributed by atoms with Gasteiger partial charge in [0, 0.05) is 32.0 Å². The molecule has 0 spiro atoms. The van der Waals surface area contributed by atoms with Gasteiger partial charge in [-0.3, -0.25) is 9.78 Å². The van der Waals surface area contributed by atoms with Gasteiger partial charge < -0.3 is 15.0 Å². The first kappa shape index (κ1) is 17.1. The van der Waals surface area contributed by atoms with E-state index in [1.54, 1.807) is 13.3 Å². The van der Waals surface area contributed by atoms with Crippen molar-refractivity contribution in [1.29, 1.82) is 0 Å². The quantitative estimate of drug-likeness (QED) is 0.796. The van der Waals surface area contributed by atoms with Gasteiger partial charge >= 0.3 is 0 Å². The lowest BCUT2D eigenvalue weighted by molar-refractivity contribution is 0.0933. The van der Waals surface area contributed by atoms with Crippen LogP contribution in [0.2, 0.25) is 0 Å². The largest absolute Gasteiger partial charge is 0.383 e. The standard InChI is InChI=1S/C18H23N3O2/c1-21(2)13-14-6-4-7-15(12-14)16-8-5-9-19-17(16)18(22)20-10-11-23-3/h4-9,12H,10-11,13H2,1-3H3,(H,20,22). The maximum atomic E-state index is 12.3. The number of methoxy groups -OCH3 is 1. The van der Waals surface area contributed by atoms with E-state index in [9.17, 15) is 4.79 Å². The number of ether oxygens (including phenoxy) is 1. The van der Waals surface area contributed by atoms with Crippen molar-refractivity contribution in [3.05, 3.63) is 53.9 Å². The van der Waals surface area contributed by atoms with Crippen molar-refractivity contribution < 1.29 is 9.53 Å². The normalized spacial score (nSPS) is 10.8. The van der Waals surface area contributed by atoms with Gasteiger partial charge in [-0.25, -0.2) is 0 Å². The van der Waals surface area contributed by atoms with E-state index in [4.69, 9.17) is 4.74 Å².